The fourth-order valence-corrected chi connectivity index (χ4v) is 3.87. The fraction of sp³-hybridized carbons (Fsp3) is 0.500. The number of carbonyl (C=O) groups excluding carboxylic acids is 1. The van der Waals surface area contributed by atoms with Gasteiger partial charge >= 0.3 is 5.82 Å². The Labute approximate surface area is 159 Å². The van der Waals surface area contributed by atoms with E-state index in [1.54, 1.807) is 11.5 Å². The monoisotopic (exact) mass is 370 g/mol. The molecule has 1 aromatic carbocycles. The Hall–Kier alpha value is -2.70. The Morgan fingerprint density at radius 3 is 2.63 bits per heavy atom. The molecule has 1 aliphatic rings. The lowest BCUT2D eigenvalue weighted by Gasteiger charge is -2.31. The fourth-order valence-electron chi connectivity index (χ4n) is 3.87. The lowest BCUT2D eigenvalue weighted by molar-refractivity contribution is -0.389. The van der Waals surface area contributed by atoms with Crippen molar-refractivity contribution in [1.29, 1.82) is 0 Å². The largest absolute Gasteiger partial charge is 0.381 e. The molecule has 1 aliphatic carbocycles. The van der Waals surface area contributed by atoms with Crippen LogP contribution < -0.4 is 5.32 Å². The Balaban J connectivity index is 1.65. The van der Waals surface area contributed by atoms with Crippen LogP contribution >= 0.6 is 0 Å². The lowest BCUT2D eigenvalue weighted by atomic mass is 9.81. The van der Waals surface area contributed by atoms with Gasteiger partial charge in [-0.3, -0.25) is 4.79 Å². The Kier molecular flexibility index (Phi) is 6.21. The van der Waals surface area contributed by atoms with Gasteiger partial charge in [-0.2, -0.15) is 0 Å². The molecule has 1 amide bonds. The summed E-state index contributed by atoms with van der Waals surface area (Å²) < 4.78 is 1.66. The number of benzene rings is 1. The van der Waals surface area contributed by atoms with Crippen LogP contribution in [0.25, 0.3) is 0 Å². The minimum Gasteiger partial charge on any atom is -0.358 e. The van der Waals surface area contributed by atoms with Gasteiger partial charge in [-0.05, 0) is 34.2 Å². The second-order valence-corrected chi connectivity index (χ2v) is 7.20. The molecule has 0 aliphatic heterocycles. The highest BCUT2D eigenvalue weighted by Gasteiger charge is 2.26. The summed E-state index contributed by atoms with van der Waals surface area (Å²) in [5.74, 6) is 0.782. The van der Waals surface area contributed by atoms with E-state index in [2.05, 4.69) is 22.4 Å². The molecule has 7 heteroatoms. The minimum atomic E-state index is -0.516. The van der Waals surface area contributed by atoms with E-state index in [-0.39, 0.29) is 24.2 Å². The Bertz CT molecular complexity index is 782. The first-order valence-corrected chi connectivity index (χ1v) is 9.57. The van der Waals surface area contributed by atoms with Crippen LogP contribution in [-0.4, -0.2) is 20.4 Å². The van der Waals surface area contributed by atoms with Gasteiger partial charge in [0.1, 0.15) is 6.20 Å². The highest BCUT2D eigenvalue weighted by atomic mass is 16.6. The van der Waals surface area contributed by atoms with Gasteiger partial charge in [0.15, 0.2) is 0 Å². The van der Waals surface area contributed by atoms with E-state index in [9.17, 15) is 14.9 Å². The van der Waals surface area contributed by atoms with Crippen molar-refractivity contribution in [1.82, 2.24) is 14.9 Å². The third-order valence-corrected chi connectivity index (χ3v) is 5.33. The summed E-state index contributed by atoms with van der Waals surface area (Å²) in [5, 5.41) is 14.0. The molecule has 3 rings (SSSR count). The second-order valence-electron chi connectivity index (χ2n) is 7.20. The number of aromatic nitrogens is 2. The zero-order valence-corrected chi connectivity index (χ0v) is 15.6. The summed E-state index contributed by atoms with van der Waals surface area (Å²) in [6.07, 6.45) is 7.61. The third kappa shape index (κ3) is 4.93. The number of hydrogen-bond donors (Lipinski definition) is 1. The van der Waals surface area contributed by atoms with E-state index < -0.39 is 4.92 Å². The molecule has 0 spiro atoms. The second kappa shape index (κ2) is 8.79. The van der Waals surface area contributed by atoms with Gasteiger partial charge in [-0.1, -0.05) is 49.6 Å². The normalized spacial score (nSPS) is 16.0. The van der Waals surface area contributed by atoms with Gasteiger partial charge in [0, 0.05) is 19.9 Å². The molecule has 27 heavy (non-hydrogen) atoms. The predicted octanol–water partition coefficient (Wildman–Crippen LogP) is 3.93. The number of imidazole rings is 1. The SMILES string of the molecule is Cc1nc([N+](=O)[O-])cn1CCC(=O)NC(c1ccccc1)C1CCCCC1. The van der Waals surface area contributed by atoms with Crippen LogP contribution in [0.3, 0.4) is 0 Å². The maximum atomic E-state index is 12.6. The molecule has 1 heterocycles. The zero-order chi connectivity index (χ0) is 19.2. The number of nitro groups is 1. The third-order valence-electron chi connectivity index (χ3n) is 5.33. The van der Waals surface area contributed by atoms with Crippen LogP contribution in [0.5, 0.6) is 0 Å². The van der Waals surface area contributed by atoms with Crippen molar-refractivity contribution in [3.05, 3.63) is 58.0 Å². The molecule has 144 valence electrons. The van der Waals surface area contributed by atoms with Crippen molar-refractivity contribution in [2.75, 3.05) is 0 Å². The standard InChI is InChI=1S/C20H26N4O3/c1-15-21-18(24(26)27)14-23(15)13-12-19(25)22-20(16-8-4-2-5-9-16)17-10-6-3-7-11-17/h2,4-5,8-9,14,17,20H,3,6-7,10-13H2,1H3,(H,22,25). The summed E-state index contributed by atoms with van der Waals surface area (Å²) in [6, 6.07) is 10.2. The minimum absolute atomic E-state index is 0.0252. The van der Waals surface area contributed by atoms with Crippen LogP contribution in [0.15, 0.2) is 36.5 Å². The van der Waals surface area contributed by atoms with E-state index in [0.717, 1.165) is 18.4 Å². The summed E-state index contributed by atoms with van der Waals surface area (Å²) >= 11 is 0. The van der Waals surface area contributed by atoms with Crippen LogP contribution in [-0.2, 0) is 11.3 Å². The van der Waals surface area contributed by atoms with E-state index in [1.165, 1.54) is 25.5 Å². The van der Waals surface area contributed by atoms with Crippen molar-refractivity contribution in [2.45, 2.75) is 58.0 Å². The van der Waals surface area contributed by atoms with E-state index in [0.29, 0.717) is 18.3 Å². The first-order valence-electron chi connectivity index (χ1n) is 9.57. The number of hydrogen-bond acceptors (Lipinski definition) is 4. The Morgan fingerprint density at radius 1 is 1.30 bits per heavy atom. The quantitative estimate of drug-likeness (QED) is 0.591. The lowest BCUT2D eigenvalue weighted by Crippen LogP contribution is -2.34. The maximum Gasteiger partial charge on any atom is 0.381 e. The molecule has 7 nitrogen and oxygen atoms in total. The molecule has 1 saturated carbocycles. The van der Waals surface area contributed by atoms with E-state index in [1.807, 2.05) is 18.2 Å². The van der Waals surface area contributed by atoms with Crippen molar-refractivity contribution >= 4 is 11.7 Å². The van der Waals surface area contributed by atoms with Crippen LogP contribution in [0, 0.1) is 23.0 Å². The summed E-state index contributed by atoms with van der Waals surface area (Å²) in [4.78, 5) is 26.8. The molecule has 1 atom stereocenters. The highest BCUT2D eigenvalue weighted by Crippen LogP contribution is 2.34. The van der Waals surface area contributed by atoms with Gasteiger partial charge in [0.2, 0.25) is 11.7 Å². The van der Waals surface area contributed by atoms with Crippen LogP contribution in [0.4, 0.5) is 5.82 Å². The number of nitrogens with one attached hydrogen (secondary N) is 1. The number of aryl methyl sites for hydroxylation is 2. The molecule has 0 saturated heterocycles. The maximum absolute atomic E-state index is 12.6. The van der Waals surface area contributed by atoms with Gasteiger partial charge in [0.25, 0.3) is 0 Å². The number of carbonyl (C=O) groups is 1. The van der Waals surface area contributed by atoms with Gasteiger partial charge in [-0.25, -0.2) is 0 Å². The molecule has 0 bridgehead atoms. The smallest absolute Gasteiger partial charge is 0.358 e. The highest BCUT2D eigenvalue weighted by molar-refractivity contribution is 5.76. The van der Waals surface area contributed by atoms with E-state index >= 15 is 0 Å². The summed E-state index contributed by atoms with van der Waals surface area (Å²) in [5.41, 5.74) is 1.15. The van der Waals surface area contributed by atoms with Gasteiger partial charge in [-0.15, -0.1) is 0 Å². The van der Waals surface area contributed by atoms with Crippen molar-refractivity contribution in [3.63, 3.8) is 0 Å². The Morgan fingerprint density at radius 2 is 2.00 bits per heavy atom. The number of rotatable bonds is 7. The average Bonchev–Trinajstić information content (AvgIpc) is 3.07. The first-order chi connectivity index (χ1) is 13.0. The topological polar surface area (TPSA) is 90.1 Å². The number of amides is 1. The molecule has 2 aromatic rings. The zero-order valence-electron chi connectivity index (χ0n) is 15.6. The first kappa shape index (κ1) is 19.1. The molecule has 1 aromatic heterocycles. The van der Waals surface area contributed by atoms with Gasteiger partial charge in [0.05, 0.1) is 6.04 Å². The number of nitrogens with zero attached hydrogens (tertiary/aromatic N) is 3. The summed E-state index contributed by atoms with van der Waals surface area (Å²) in [7, 11) is 0. The van der Waals surface area contributed by atoms with Gasteiger partial charge < -0.3 is 20.0 Å². The molecule has 1 unspecified atom stereocenters. The van der Waals surface area contributed by atoms with Crippen LogP contribution in [0.1, 0.15) is 56.0 Å². The van der Waals surface area contributed by atoms with Crippen molar-refractivity contribution in [3.8, 4) is 0 Å². The average molecular weight is 370 g/mol. The molecule has 0 radical (unpaired) electrons. The molecular formula is C20H26N4O3. The van der Waals surface area contributed by atoms with Crippen LogP contribution in [0.2, 0.25) is 0 Å². The van der Waals surface area contributed by atoms with Crippen molar-refractivity contribution in [2.24, 2.45) is 5.92 Å². The molecular weight excluding hydrogens is 344 g/mol. The summed E-state index contributed by atoms with van der Waals surface area (Å²) in [6.45, 7) is 2.09. The van der Waals surface area contributed by atoms with E-state index in [4.69, 9.17) is 0 Å². The molecule has 1 fully saturated rings. The predicted molar refractivity (Wildman–Crippen MR) is 102 cm³/mol. The molecule has 1 N–H and O–H groups in total. The van der Waals surface area contributed by atoms with Crippen molar-refractivity contribution < 1.29 is 9.72 Å².